The molecule has 1 fully saturated rings. The van der Waals surface area contributed by atoms with E-state index < -0.39 is 5.44 Å². The molecular formula is C32H28BClN8. The molecule has 0 bridgehead atoms. The van der Waals surface area contributed by atoms with Crippen molar-refractivity contribution in [1.29, 1.82) is 10.5 Å². The van der Waals surface area contributed by atoms with Gasteiger partial charge in [0.25, 0.3) is 0 Å². The number of hydrogen-bond donors (Lipinski definition) is 2. The maximum absolute atomic E-state index is 10.0. The second-order valence-corrected chi connectivity index (χ2v) is 11.4. The Bertz CT molecular complexity index is 1810. The maximum Gasteiger partial charge on any atom is 0.148 e. The van der Waals surface area contributed by atoms with Crippen LogP contribution in [0.15, 0.2) is 88.4 Å². The minimum absolute atomic E-state index is 0.0198. The Morgan fingerprint density at radius 2 is 1.88 bits per heavy atom. The van der Waals surface area contributed by atoms with Gasteiger partial charge in [0.05, 0.1) is 50.6 Å². The lowest BCUT2D eigenvalue weighted by Gasteiger charge is -2.35. The number of nitrogens with one attached hydrogen (secondary N) is 2. The zero-order chi connectivity index (χ0) is 29.3. The molecule has 6 rings (SSSR count). The zero-order valence-corrected chi connectivity index (χ0v) is 24.1. The van der Waals surface area contributed by atoms with Gasteiger partial charge in [0, 0.05) is 17.3 Å². The van der Waals surface area contributed by atoms with Crippen molar-refractivity contribution in [3.63, 3.8) is 0 Å². The molecule has 0 spiro atoms. The van der Waals surface area contributed by atoms with E-state index in [1.165, 1.54) is 0 Å². The fourth-order valence-corrected chi connectivity index (χ4v) is 5.96. The molecule has 0 radical (unpaired) electrons. The highest BCUT2D eigenvalue weighted by molar-refractivity contribution is 6.36. The Hall–Kier alpha value is -4.73. The number of pyridine rings is 1. The summed E-state index contributed by atoms with van der Waals surface area (Å²) in [4.78, 5) is 4.55. The summed E-state index contributed by atoms with van der Waals surface area (Å²) in [6, 6.07) is 25.9. The maximum atomic E-state index is 10.0. The summed E-state index contributed by atoms with van der Waals surface area (Å²) in [5.74, 6) is 0.401. The van der Waals surface area contributed by atoms with Crippen molar-refractivity contribution in [3.05, 3.63) is 100 Å². The van der Waals surface area contributed by atoms with Crippen molar-refractivity contribution in [2.45, 2.75) is 43.7 Å². The van der Waals surface area contributed by atoms with Crippen molar-refractivity contribution in [2.75, 3.05) is 10.6 Å². The van der Waals surface area contributed by atoms with Crippen molar-refractivity contribution in [2.24, 2.45) is 21.4 Å². The van der Waals surface area contributed by atoms with Gasteiger partial charge in [0.2, 0.25) is 0 Å². The average Bonchev–Trinajstić information content (AvgIpc) is 3.75. The highest BCUT2D eigenvalue weighted by Crippen LogP contribution is 2.42. The summed E-state index contributed by atoms with van der Waals surface area (Å²) >= 11 is 6.86. The third kappa shape index (κ3) is 5.08. The van der Waals surface area contributed by atoms with Gasteiger partial charge in [-0.2, -0.15) is 15.6 Å². The van der Waals surface area contributed by atoms with Crippen LogP contribution in [0.5, 0.6) is 0 Å². The van der Waals surface area contributed by atoms with E-state index in [1.807, 2.05) is 56.4 Å². The molecule has 2 unspecified atom stereocenters. The Morgan fingerprint density at radius 1 is 1.07 bits per heavy atom. The Kier molecular flexibility index (Phi) is 7.37. The lowest BCUT2D eigenvalue weighted by atomic mass is 9.66. The molecular weight excluding hydrogens is 543 g/mol. The minimum Gasteiger partial charge on any atom is -0.378 e. The number of aromatic nitrogens is 1. The van der Waals surface area contributed by atoms with E-state index >= 15 is 0 Å². The summed E-state index contributed by atoms with van der Waals surface area (Å²) in [6.07, 6.45) is 4.54. The molecule has 1 saturated carbocycles. The first-order chi connectivity index (χ1) is 20.4. The second kappa shape index (κ2) is 11.3. The van der Waals surface area contributed by atoms with E-state index in [-0.39, 0.29) is 12.1 Å². The Morgan fingerprint density at radius 3 is 2.60 bits per heavy atom. The van der Waals surface area contributed by atoms with Crippen LogP contribution >= 0.6 is 11.6 Å². The lowest BCUT2D eigenvalue weighted by molar-refractivity contribution is 0.704. The summed E-state index contributed by atoms with van der Waals surface area (Å²) < 4.78 is 0. The first-order valence-electron chi connectivity index (χ1n) is 14.1. The summed E-state index contributed by atoms with van der Waals surface area (Å²) in [7, 11) is 2.04. The fraction of sp³-hybridized carbons (Fsp3) is 0.250. The number of rotatable bonds is 9. The van der Waals surface area contributed by atoms with Gasteiger partial charge in [0.15, 0.2) is 0 Å². The topological polar surface area (TPSA) is 122 Å². The number of benzene rings is 3. The van der Waals surface area contributed by atoms with Gasteiger partial charge in [-0.15, -0.1) is 5.10 Å². The van der Waals surface area contributed by atoms with Gasteiger partial charge < -0.3 is 10.6 Å². The smallest absolute Gasteiger partial charge is 0.148 e. The minimum atomic E-state index is -0.843. The van der Waals surface area contributed by atoms with E-state index in [2.05, 4.69) is 62.3 Å². The monoisotopic (exact) mass is 570 g/mol. The fourth-order valence-electron chi connectivity index (χ4n) is 5.69. The lowest BCUT2D eigenvalue weighted by Crippen LogP contribution is -2.48. The van der Waals surface area contributed by atoms with Crippen LogP contribution < -0.4 is 10.6 Å². The van der Waals surface area contributed by atoms with Crippen LogP contribution in [-0.4, -0.2) is 24.6 Å². The van der Waals surface area contributed by atoms with Gasteiger partial charge in [-0.3, -0.25) is 4.98 Å². The van der Waals surface area contributed by atoms with Crippen molar-refractivity contribution in [3.8, 4) is 12.1 Å². The summed E-state index contributed by atoms with van der Waals surface area (Å²) in [6.45, 7) is 2.11. The van der Waals surface area contributed by atoms with Gasteiger partial charge >= 0.3 is 0 Å². The highest BCUT2D eigenvalue weighted by atomic mass is 35.5. The molecule has 1 aliphatic carbocycles. The van der Waals surface area contributed by atoms with E-state index in [1.54, 1.807) is 12.3 Å². The molecule has 2 aliphatic rings. The number of hydrogen-bond acceptors (Lipinski definition) is 8. The van der Waals surface area contributed by atoms with Gasteiger partial charge in [-0.25, -0.2) is 0 Å². The SMILES string of the molecule is BC(Nc1cc(Cl)c2ncc(C#N)c(N[C@H](CC)c3ccccc3)c2c1)(C1=NN=NC1C1CC1)c1cccc(C#N)c1. The number of halogens is 1. The average molecular weight is 571 g/mol. The zero-order valence-electron chi connectivity index (χ0n) is 23.3. The Labute approximate surface area is 250 Å². The van der Waals surface area contributed by atoms with Crippen LogP contribution in [0.2, 0.25) is 5.02 Å². The van der Waals surface area contributed by atoms with E-state index in [9.17, 15) is 10.5 Å². The van der Waals surface area contributed by atoms with Gasteiger partial charge in [-0.05, 0) is 65.8 Å². The molecule has 3 aromatic carbocycles. The van der Waals surface area contributed by atoms with Gasteiger partial charge in [0.1, 0.15) is 20.0 Å². The van der Waals surface area contributed by atoms with Crippen LogP contribution in [0.25, 0.3) is 10.9 Å². The van der Waals surface area contributed by atoms with Crippen LogP contribution in [-0.2, 0) is 5.44 Å². The molecule has 4 aromatic rings. The molecule has 1 aliphatic heterocycles. The number of nitrogens with zero attached hydrogens (tertiary/aromatic N) is 6. The van der Waals surface area contributed by atoms with Crippen molar-refractivity contribution in [1.82, 2.24) is 4.98 Å². The molecule has 0 amide bonds. The third-order valence-electron chi connectivity index (χ3n) is 8.13. The van der Waals surface area contributed by atoms with E-state index in [0.29, 0.717) is 39.0 Å². The summed E-state index contributed by atoms with van der Waals surface area (Å²) in [5, 5.41) is 41.3. The molecule has 2 N–H and O–H groups in total. The van der Waals surface area contributed by atoms with Gasteiger partial charge in [-0.1, -0.05) is 61.0 Å². The predicted octanol–water partition coefficient (Wildman–Crippen LogP) is 6.69. The number of fused-ring (bicyclic) bond motifs is 1. The molecule has 2 heterocycles. The molecule has 42 heavy (non-hydrogen) atoms. The molecule has 3 atom stereocenters. The molecule has 8 nitrogen and oxygen atoms in total. The molecule has 0 saturated heterocycles. The first kappa shape index (κ1) is 27.4. The van der Waals surface area contributed by atoms with Crippen LogP contribution in [0.3, 0.4) is 0 Å². The van der Waals surface area contributed by atoms with Crippen molar-refractivity contribution >= 4 is 47.4 Å². The van der Waals surface area contributed by atoms with E-state index in [0.717, 1.165) is 41.5 Å². The summed E-state index contributed by atoms with van der Waals surface area (Å²) in [5.41, 5.74) is 4.92. The second-order valence-electron chi connectivity index (χ2n) is 10.9. The number of anilines is 2. The van der Waals surface area contributed by atoms with Crippen LogP contribution in [0, 0.1) is 28.6 Å². The van der Waals surface area contributed by atoms with Crippen LogP contribution in [0.1, 0.15) is 54.5 Å². The predicted molar refractivity (Wildman–Crippen MR) is 168 cm³/mol. The molecule has 1 aromatic heterocycles. The normalized spacial score (nSPS) is 18.0. The third-order valence-corrected chi connectivity index (χ3v) is 8.41. The standard InChI is InChI=1S/C32H28BClN8/c1-2-27(20-8-4-3-5-9-20)38-28-22(17-36)18-37-30-25(28)14-24(15-26(30)34)39-32(33,23-10-6-7-19(13-23)16-35)31-29(21-11-12-21)40-42-41-31/h3-10,13-15,18,21,27,29,39H,2,11-12,33H2,1H3,(H,37,38)/t27-,29?,32?/m1/s1. The first-order valence-corrected chi connectivity index (χ1v) is 14.4. The van der Waals surface area contributed by atoms with Crippen molar-refractivity contribution < 1.29 is 0 Å². The Balaban J connectivity index is 1.47. The van der Waals surface area contributed by atoms with E-state index in [4.69, 9.17) is 11.6 Å². The highest BCUT2D eigenvalue weighted by Gasteiger charge is 2.46. The molecule has 10 heteroatoms. The number of nitriles is 2. The molecule has 206 valence electrons. The largest absolute Gasteiger partial charge is 0.378 e. The van der Waals surface area contributed by atoms with Crippen LogP contribution in [0.4, 0.5) is 11.4 Å². The quantitative estimate of drug-likeness (QED) is 0.217.